The van der Waals surface area contributed by atoms with Gasteiger partial charge >= 0.3 is 0 Å². The SMILES string of the molecule is CCCNCc1cccc(S(=O)(=O)N2CCCC2CC)c1. The van der Waals surface area contributed by atoms with Crippen LogP contribution in [0.5, 0.6) is 0 Å². The maximum atomic E-state index is 12.8. The molecule has 0 radical (unpaired) electrons. The molecular weight excluding hydrogens is 284 g/mol. The van der Waals surface area contributed by atoms with Crippen LogP contribution in [0, 0.1) is 0 Å². The number of hydrogen-bond donors (Lipinski definition) is 1. The van der Waals surface area contributed by atoms with Gasteiger partial charge in [0.15, 0.2) is 0 Å². The van der Waals surface area contributed by atoms with E-state index < -0.39 is 10.0 Å². The fraction of sp³-hybridized carbons (Fsp3) is 0.625. The van der Waals surface area contributed by atoms with Crippen LogP contribution < -0.4 is 5.32 Å². The largest absolute Gasteiger partial charge is 0.313 e. The van der Waals surface area contributed by atoms with E-state index in [1.54, 1.807) is 10.4 Å². The van der Waals surface area contributed by atoms with Crippen molar-refractivity contribution < 1.29 is 8.42 Å². The highest BCUT2D eigenvalue weighted by Gasteiger charge is 2.34. The van der Waals surface area contributed by atoms with Gasteiger partial charge in [0.2, 0.25) is 10.0 Å². The summed E-state index contributed by atoms with van der Waals surface area (Å²) in [4.78, 5) is 0.429. The van der Waals surface area contributed by atoms with E-state index in [-0.39, 0.29) is 6.04 Å². The molecule has 1 aromatic carbocycles. The van der Waals surface area contributed by atoms with Crippen LogP contribution in [0.15, 0.2) is 29.2 Å². The number of nitrogens with one attached hydrogen (secondary N) is 1. The van der Waals surface area contributed by atoms with E-state index in [0.717, 1.165) is 37.8 Å². The summed E-state index contributed by atoms with van der Waals surface area (Å²) in [5.41, 5.74) is 1.02. The molecule has 1 fully saturated rings. The second-order valence-electron chi connectivity index (χ2n) is 5.64. The van der Waals surface area contributed by atoms with Gasteiger partial charge in [-0.2, -0.15) is 4.31 Å². The molecule has 118 valence electrons. The lowest BCUT2D eigenvalue weighted by atomic mass is 10.2. The van der Waals surface area contributed by atoms with Gasteiger partial charge in [-0.3, -0.25) is 0 Å². The predicted octanol–water partition coefficient (Wildman–Crippen LogP) is 2.75. The van der Waals surface area contributed by atoms with Crippen molar-refractivity contribution in [1.29, 1.82) is 0 Å². The molecule has 1 heterocycles. The summed E-state index contributed by atoms with van der Waals surface area (Å²) in [6.45, 7) is 6.49. The maximum Gasteiger partial charge on any atom is 0.243 e. The van der Waals surface area contributed by atoms with E-state index in [0.29, 0.717) is 18.0 Å². The van der Waals surface area contributed by atoms with E-state index in [1.807, 2.05) is 18.2 Å². The minimum atomic E-state index is -3.35. The van der Waals surface area contributed by atoms with Gasteiger partial charge in [0.1, 0.15) is 0 Å². The zero-order chi connectivity index (χ0) is 15.3. The summed E-state index contributed by atoms with van der Waals surface area (Å²) < 4.78 is 27.3. The molecule has 1 atom stereocenters. The summed E-state index contributed by atoms with van der Waals surface area (Å²) in [5.74, 6) is 0. The second-order valence-corrected chi connectivity index (χ2v) is 7.53. The molecule has 0 amide bonds. The molecule has 0 saturated carbocycles. The number of nitrogens with zero attached hydrogens (tertiary/aromatic N) is 1. The molecule has 1 saturated heterocycles. The molecule has 5 heteroatoms. The van der Waals surface area contributed by atoms with Gasteiger partial charge in [0.25, 0.3) is 0 Å². The van der Waals surface area contributed by atoms with Crippen LogP contribution in [0.25, 0.3) is 0 Å². The van der Waals surface area contributed by atoms with Crippen LogP contribution in [0.3, 0.4) is 0 Å². The number of benzene rings is 1. The Bertz CT molecular complexity index is 557. The van der Waals surface area contributed by atoms with Crippen molar-refractivity contribution in [3.63, 3.8) is 0 Å². The summed E-state index contributed by atoms with van der Waals surface area (Å²) in [6, 6.07) is 7.50. The smallest absolute Gasteiger partial charge is 0.243 e. The third-order valence-electron chi connectivity index (χ3n) is 4.06. The fourth-order valence-electron chi connectivity index (χ4n) is 2.89. The lowest BCUT2D eigenvalue weighted by Gasteiger charge is -2.23. The highest BCUT2D eigenvalue weighted by Crippen LogP contribution is 2.27. The first-order valence-electron chi connectivity index (χ1n) is 7.91. The first-order chi connectivity index (χ1) is 10.1. The second kappa shape index (κ2) is 7.38. The molecule has 4 nitrogen and oxygen atoms in total. The van der Waals surface area contributed by atoms with E-state index in [4.69, 9.17) is 0 Å². The lowest BCUT2D eigenvalue weighted by Crippen LogP contribution is -2.35. The van der Waals surface area contributed by atoms with Crippen molar-refractivity contribution in [3.8, 4) is 0 Å². The third-order valence-corrected chi connectivity index (χ3v) is 6.00. The summed E-state index contributed by atoms with van der Waals surface area (Å²) in [5, 5.41) is 3.31. The normalized spacial score (nSPS) is 20.0. The van der Waals surface area contributed by atoms with Crippen molar-refractivity contribution in [2.45, 2.75) is 57.0 Å². The Hall–Kier alpha value is -0.910. The van der Waals surface area contributed by atoms with E-state index in [1.165, 1.54) is 0 Å². The van der Waals surface area contributed by atoms with Crippen molar-refractivity contribution in [2.75, 3.05) is 13.1 Å². The van der Waals surface area contributed by atoms with Crippen LogP contribution in [-0.2, 0) is 16.6 Å². The Morgan fingerprint density at radius 3 is 2.86 bits per heavy atom. The molecule has 0 spiro atoms. The monoisotopic (exact) mass is 310 g/mol. The molecule has 21 heavy (non-hydrogen) atoms. The average molecular weight is 310 g/mol. The average Bonchev–Trinajstić information content (AvgIpc) is 2.97. The first kappa shape index (κ1) is 16.5. The van der Waals surface area contributed by atoms with Crippen LogP contribution >= 0.6 is 0 Å². The Morgan fingerprint density at radius 2 is 2.14 bits per heavy atom. The van der Waals surface area contributed by atoms with Crippen LogP contribution in [0.1, 0.15) is 45.1 Å². The molecule has 1 unspecified atom stereocenters. The quantitative estimate of drug-likeness (QED) is 0.788. The molecule has 1 N–H and O–H groups in total. The number of rotatable bonds is 7. The minimum Gasteiger partial charge on any atom is -0.313 e. The molecule has 1 aromatic rings. The number of sulfonamides is 1. The van der Waals surface area contributed by atoms with E-state index in [2.05, 4.69) is 19.2 Å². The molecule has 0 aliphatic carbocycles. The fourth-order valence-corrected chi connectivity index (χ4v) is 4.73. The lowest BCUT2D eigenvalue weighted by molar-refractivity contribution is 0.379. The van der Waals surface area contributed by atoms with Gasteiger partial charge < -0.3 is 5.32 Å². The topological polar surface area (TPSA) is 49.4 Å². The van der Waals surface area contributed by atoms with Gasteiger partial charge in [0.05, 0.1) is 4.90 Å². The zero-order valence-corrected chi connectivity index (χ0v) is 13.8. The number of hydrogen-bond acceptors (Lipinski definition) is 3. The highest BCUT2D eigenvalue weighted by molar-refractivity contribution is 7.89. The molecule has 1 aliphatic rings. The molecule has 0 bridgehead atoms. The van der Waals surface area contributed by atoms with Gasteiger partial charge in [-0.15, -0.1) is 0 Å². The standard InChI is InChI=1S/C16H26N2O2S/c1-3-10-17-13-14-7-5-9-16(12-14)21(19,20)18-11-6-8-15(18)4-2/h5,7,9,12,15,17H,3-4,6,8,10-11,13H2,1-2H3. The van der Waals surface area contributed by atoms with Crippen LogP contribution in [0.4, 0.5) is 0 Å². The van der Waals surface area contributed by atoms with Gasteiger partial charge in [-0.25, -0.2) is 8.42 Å². The Morgan fingerprint density at radius 1 is 1.33 bits per heavy atom. The van der Waals surface area contributed by atoms with E-state index in [9.17, 15) is 8.42 Å². The van der Waals surface area contributed by atoms with Crippen molar-refractivity contribution >= 4 is 10.0 Å². The Kier molecular flexibility index (Phi) is 5.79. The maximum absolute atomic E-state index is 12.8. The van der Waals surface area contributed by atoms with E-state index >= 15 is 0 Å². The predicted molar refractivity (Wildman–Crippen MR) is 85.6 cm³/mol. The summed E-state index contributed by atoms with van der Waals surface area (Å²) in [7, 11) is -3.35. The zero-order valence-electron chi connectivity index (χ0n) is 13.0. The third kappa shape index (κ3) is 3.84. The van der Waals surface area contributed by atoms with Gasteiger partial charge in [-0.05, 0) is 49.9 Å². The first-order valence-corrected chi connectivity index (χ1v) is 9.35. The van der Waals surface area contributed by atoms with Gasteiger partial charge in [0, 0.05) is 19.1 Å². The van der Waals surface area contributed by atoms with Gasteiger partial charge in [-0.1, -0.05) is 26.0 Å². The summed E-state index contributed by atoms with van der Waals surface area (Å²) >= 11 is 0. The van der Waals surface area contributed by atoms with Crippen LogP contribution in [-0.4, -0.2) is 31.9 Å². The summed E-state index contributed by atoms with van der Waals surface area (Å²) in [6.07, 6.45) is 3.91. The molecule has 1 aliphatic heterocycles. The van der Waals surface area contributed by atoms with Crippen molar-refractivity contribution in [2.24, 2.45) is 0 Å². The Labute approximate surface area is 128 Å². The highest BCUT2D eigenvalue weighted by atomic mass is 32.2. The minimum absolute atomic E-state index is 0.164. The van der Waals surface area contributed by atoms with Crippen molar-refractivity contribution in [3.05, 3.63) is 29.8 Å². The Balaban J connectivity index is 2.18. The molecular formula is C16H26N2O2S. The molecule has 2 rings (SSSR count). The molecule has 0 aromatic heterocycles. The van der Waals surface area contributed by atoms with Crippen molar-refractivity contribution in [1.82, 2.24) is 9.62 Å². The van der Waals surface area contributed by atoms with Crippen LogP contribution in [0.2, 0.25) is 0 Å².